The summed E-state index contributed by atoms with van der Waals surface area (Å²) in [6.45, 7) is 4.18. The molecule has 0 saturated carbocycles. The Balaban J connectivity index is 3.01. The Morgan fingerprint density at radius 3 is 2.29 bits per heavy atom. The molecule has 0 unspecified atom stereocenters. The lowest BCUT2D eigenvalue weighted by atomic mass is 10.1. The van der Waals surface area contributed by atoms with E-state index in [4.69, 9.17) is 0 Å². The predicted octanol–water partition coefficient (Wildman–Crippen LogP) is 4.31. The standard InChI is InChI=1S/C13H25O/c1-3-5-6-7-8-9-10-12-13(14)11-4-2/h3H,4-12H2,1-2H3. The minimum atomic E-state index is 0.453. The molecule has 14 heavy (non-hydrogen) atoms. The number of hydrogen-bond donors (Lipinski definition) is 0. The summed E-state index contributed by atoms with van der Waals surface area (Å²) in [5.41, 5.74) is 0. The third kappa shape index (κ3) is 9.76. The van der Waals surface area contributed by atoms with Crippen molar-refractivity contribution in [3.05, 3.63) is 6.42 Å². The first-order chi connectivity index (χ1) is 6.81. The van der Waals surface area contributed by atoms with Crippen LogP contribution in [0.4, 0.5) is 0 Å². The Morgan fingerprint density at radius 1 is 1.00 bits per heavy atom. The molecule has 83 valence electrons. The van der Waals surface area contributed by atoms with Gasteiger partial charge in [0.2, 0.25) is 0 Å². The molecule has 0 aromatic carbocycles. The average molecular weight is 197 g/mol. The van der Waals surface area contributed by atoms with E-state index < -0.39 is 0 Å². The highest BCUT2D eigenvalue weighted by atomic mass is 16.1. The summed E-state index contributed by atoms with van der Waals surface area (Å²) in [6, 6.07) is 0. The second-order valence-corrected chi connectivity index (χ2v) is 4.00. The van der Waals surface area contributed by atoms with Crippen molar-refractivity contribution < 1.29 is 4.79 Å². The van der Waals surface area contributed by atoms with Crippen LogP contribution in [0.2, 0.25) is 0 Å². The summed E-state index contributed by atoms with van der Waals surface area (Å²) in [4.78, 5) is 11.2. The second-order valence-electron chi connectivity index (χ2n) is 4.00. The van der Waals surface area contributed by atoms with Crippen LogP contribution in [0.15, 0.2) is 0 Å². The Kier molecular flexibility index (Phi) is 10.5. The zero-order valence-electron chi connectivity index (χ0n) is 9.85. The van der Waals surface area contributed by atoms with Gasteiger partial charge in [0.15, 0.2) is 0 Å². The molecule has 0 aromatic rings. The zero-order chi connectivity index (χ0) is 10.6. The molecule has 0 atom stereocenters. The van der Waals surface area contributed by atoms with E-state index in [-0.39, 0.29) is 0 Å². The largest absolute Gasteiger partial charge is 0.300 e. The van der Waals surface area contributed by atoms with Gasteiger partial charge in [0, 0.05) is 12.8 Å². The number of rotatable bonds is 10. The van der Waals surface area contributed by atoms with Crippen molar-refractivity contribution in [3.63, 3.8) is 0 Å². The van der Waals surface area contributed by atoms with Gasteiger partial charge in [-0.05, 0) is 19.3 Å². The lowest BCUT2D eigenvalue weighted by Crippen LogP contribution is -1.96. The monoisotopic (exact) mass is 197 g/mol. The maximum atomic E-state index is 11.2. The van der Waals surface area contributed by atoms with Crippen molar-refractivity contribution in [2.24, 2.45) is 0 Å². The van der Waals surface area contributed by atoms with E-state index in [1.165, 1.54) is 32.1 Å². The first kappa shape index (κ1) is 13.7. The number of Topliss-reactive ketones (excluding diaryl/α,β-unsaturated/α-hetero) is 1. The molecule has 0 amide bonds. The van der Waals surface area contributed by atoms with Crippen LogP contribution in [0.3, 0.4) is 0 Å². The summed E-state index contributed by atoms with van der Waals surface area (Å²) in [7, 11) is 0. The van der Waals surface area contributed by atoms with E-state index in [1.54, 1.807) is 0 Å². The highest BCUT2D eigenvalue weighted by molar-refractivity contribution is 5.78. The van der Waals surface area contributed by atoms with Crippen LogP contribution in [-0.2, 0) is 4.79 Å². The van der Waals surface area contributed by atoms with Crippen LogP contribution in [0.25, 0.3) is 0 Å². The van der Waals surface area contributed by atoms with Crippen LogP contribution in [0, 0.1) is 6.42 Å². The molecule has 0 rings (SSSR count). The quantitative estimate of drug-likeness (QED) is 0.477. The maximum Gasteiger partial charge on any atom is 0.132 e. The van der Waals surface area contributed by atoms with Gasteiger partial charge in [-0.2, -0.15) is 0 Å². The second kappa shape index (κ2) is 10.7. The zero-order valence-corrected chi connectivity index (χ0v) is 9.85. The van der Waals surface area contributed by atoms with Crippen molar-refractivity contribution >= 4 is 5.78 Å². The molecule has 0 spiro atoms. The molecule has 0 N–H and O–H groups in total. The third-order valence-electron chi connectivity index (χ3n) is 2.48. The molecule has 0 aliphatic rings. The Bertz CT molecular complexity index is 129. The van der Waals surface area contributed by atoms with Crippen molar-refractivity contribution in [1.82, 2.24) is 0 Å². The van der Waals surface area contributed by atoms with E-state index in [1.807, 2.05) is 0 Å². The van der Waals surface area contributed by atoms with Gasteiger partial charge >= 0.3 is 0 Å². The van der Waals surface area contributed by atoms with Crippen molar-refractivity contribution in [2.75, 3.05) is 0 Å². The summed E-state index contributed by atoms with van der Waals surface area (Å²) in [5, 5.41) is 0. The first-order valence-electron chi connectivity index (χ1n) is 6.10. The van der Waals surface area contributed by atoms with Gasteiger partial charge in [-0.3, -0.25) is 4.79 Å². The van der Waals surface area contributed by atoms with E-state index >= 15 is 0 Å². The Labute approximate surface area is 89.3 Å². The van der Waals surface area contributed by atoms with Crippen LogP contribution in [0.1, 0.15) is 71.6 Å². The fourth-order valence-electron chi connectivity index (χ4n) is 1.60. The van der Waals surface area contributed by atoms with Gasteiger partial charge in [-0.25, -0.2) is 0 Å². The molecular formula is C13H25O. The van der Waals surface area contributed by atoms with Crippen LogP contribution in [-0.4, -0.2) is 5.78 Å². The van der Waals surface area contributed by atoms with Gasteiger partial charge in [0.25, 0.3) is 0 Å². The SMILES string of the molecule is C[CH]CCCCCCCC(=O)CCC. The van der Waals surface area contributed by atoms with Gasteiger partial charge in [-0.1, -0.05) is 46.0 Å². The van der Waals surface area contributed by atoms with Crippen molar-refractivity contribution in [3.8, 4) is 0 Å². The number of carbonyl (C=O) groups excluding carboxylic acids is 1. The van der Waals surface area contributed by atoms with Crippen molar-refractivity contribution in [2.45, 2.75) is 71.6 Å². The minimum Gasteiger partial charge on any atom is -0.300 e. The molecule has 0 saturated heterocycles. The highest BCUT2D eigenvalue weighted by Crippen LogP contribution is 2.09. The summed E-state index contributed by atoms with van der Waals surface area (Å²) in [6.07, 6.45) is 12.4. The summed E-state index contributed by atoms with van der Waals surface area (Å²) >= 11 is 0. The third-order valence-corrected chi connectivity index (χ3v) is 2.48. The summed E-state index contributed by atoms with van der Waals surface area (Å²) < 4.78 is 0. The fourth-order valence-corrected chi connectivity index (χ4v) is 1.60. The van der Waals surface area contributed by atoms with Crippen LogP contribution < -0.4 is 0 Å². The Hall–Kier alpha value is -0.330. The van der Waals surface area contributed by atoms with E-state index in [2.05, 4.69) is 20.3 Å². The molecule has 0 bridgehead atoms. The molecule has 0 aliphatic heterocycles. The summed E-state index contributed by atoms with van der Waals surface area (Å²) in [5.74, 6) is 0.453. The molecule has 0 aromatic heterocycles. The predicted molar refractivity (Wildman–Crippen MR) is 62.2 cm³/mol. The van der Waals surface area contributed by atoms with Gasteiger partial charge in [0.05, 0.1) is 0 Å². The molecule has 1 nitrogen and oxygen atoms in total. The molecule has 1 radical (unpaired) electrons. The van der Waals surface area contributed by atoms with E-state index in [9.17, 15) is 4.79 Å². The maximum absolute atomic E-state index is 11.2. The molecular weight excluding hydrogens is 172 g/mol. The minimum absolute atomic E-state index is 0.453. The number of unbranched alkanes of at least 4 members (excludes halogenated alkanes) is 6. The van der Waals surface area contributed by atoms with Crippen LogP contribution >= 0.6 is 0 Å². The lowest BCUT2D eigenvalue weighted by molar-refractivity contribution is -0.119. The molecule has 0 aliphatic carbocycles. The lowest BCUT2D eigenvalue weighted by Gasteiger charge is -2.00. The molecule has 0 fully saturated rings. The smallest absolute Gasteiger partial charge is 0.132 e. The van der Waals surface area contributed by atoms with E-state index in [0.717, 1.165) is 25.7 Å². The van der Waals surface area contributed by atoms with E-state index in [0.29, 0.717) is 5.78 Å². The topological polar surface area (TPSA) is 17.1 Å². The van der Waals surface area contributed by atoms with Gasteiger partial charge < -0.3 is 0 Å². The van der Waals surface area contributed by atoms with Gasteiger partial charge in [-0.15, -0.1) is 0 Å². The highest BCUT2D eigenvalue weighted by Gasteiger charge is 1.99. The van der Waals surface area contributed by atoms with Crippen LogP contribution in [0.5, 0.6) is 0 Å². The van der Waals surface area contributed by atoms with Gasteiger partial charge in [0.1, 0.15) is 5.78 Å². The molecule has 0 heterocycles. The number of carbonyl (C=O) groups is 1. The first-order valence-corrected chi connectivity index (χ1v) is 6.10. The number of hydrogen-bond acceptors (Lipinski definition) is 1. The molecule has 1 heteroatoms. The number of ketones is 1. The fraction of sp³-hybridized carbons (Fsp3) is 0.846. The normalized spacial score (nSPS) is 10.4. The van der Waals surface area contributed by atoms with Crippen molar-refractivity contribution in [1.29, 1.82) is 0 Å². The average Bonchev–Trinajstić information content (AvgIpc) is 2.17. The Morgan fingerprint density at radius 2 is 1.64 bits per heavy atom.